The largest absolute Gasteiger partial charge is 0.349 e. The topological polar surface area (TPSA) is 72.9 Å². The third-order valence-electron chi connectivity index (χ3n) is 2.36. The molecule has 5 heteroatoms. The highest BCUT2D eigenvalue weighted by Crippen LogP contribution is 2.06. The summed E-state index contributed by atoms with van der Waals surface area (Å²) in [7, 11) is 1.90. The van der Waals surface area contributed by atoms with Crippen molar-refractivity contribution in [2.75, 3.05) is 0 Å². The maximum absolute atomic E-state index is 11.5. The Labute approximate surface area is 96.0 Å². The fourth-order valence-corrected chi connectivity index (χ4v) is 1.27. The first-order chi connectivity index (χ1) is 7.38. The molecule has 5 nitrogen and oxygen atoms in total. The van der Waals surface area contributed by atoms with Gasteiger partial charge in [0.05, 0.1) is 6.54 Å². The van der Waals surface area contributed by atoms with Gasteiger partial charge < -0.3 is 15.6 Å². The summed E-state index contributed by atoms with van der Waals surface area (Å²) in [5.41, 5.74) is 5.51. The molecule has 0 atom stereocenters. The van der Waals surface area contributed by atoms with E-state index < -0.39 is 0 Å². The van der Waals surface area contributed by atoms with Crippen molar-refractivity contribution in [2.45, 2.75) is 38.8 Å². The predicted octanol–water partition coefficient (Wildman–Crippen LogP) is 0.554. The smallest absolute Gasteiger partial charge is 0.220 e. The molecule has 1 rings (SSSR count). The van der Waals surface area contributed by atoms with E-state index >= 15 is 0 Å². The summed E-state index contributed by atoms with van der Waals surface area (Å²) in [5.74, 6) is 0.863. The molecule has 0 saturated heterocycles. The summed E-state index contributed by atoms with van der Waals surface area (Å²) in [6, 6.07) is 0. The lowest BCUT2D eigenvalue weighted by molar-refractivity contribution is -0.121. The quantitative estimate of drug-likeness (QED) is 0.767. The van der Waals surface area contributed by atoms with Crippen molar-refractivity contribution in [3.05, 3.63) is 18.2 Å². The van der Waals surface area contributed by atoms with E-state index in [2.05, 4.69) is 10.3 Å². The second-order valence-electron chi connectivity index (χ2n) is 4.72. The Morgan fingerprint density at radius 2 is 2.31 bits per heavy atom. The van der Waals surface area contributed by atoms with Crippen LogP contribution >= 0.6 is 0 Å². The van der Waals surface area contributed by atoms with Crippen molar-refractivity contribution >= 4 is 5.91 Å². The van der Waals surface area contributed by atoms with Gasteiger partial charge in [0, 0.05) is 31.4 Å². The van der Waals surface area contributed by atoms with E-state index in [9.17, 15) is 4.79 Å². The van der Waals surface area contributed by atoms with Crippen LogP contribution in [-0.2, 0) is 18.4 Å². The van der Waals surface area contributed by atoms with Gasteiger partial charge in [0.1, 0.15) is 5.82 Å². The highest BCUT2D eigenvalue weighted by atomic mass is 16.1. The summed E-state index contributed by atoms with van der Waals surface area (Å²) < 4.78 is 1.88. The van der Waals surface area contributed by atoms with E-state index in [1.807, 2.05) is 31.7 Å². The summed E-state index contributed by atoms with van der Waals surface area (Å²) >= 11 is 0. The van der Waals surface area contributed by atoms with Crippen molar-refractivity contribution in [2.24, 2.45) is 12.8 Å². The van der Waals surface area contributed by atoms with E-state index in [0.29, 0.717) is 19.4 Å². The number of aryl methyl sites for hydroxylation is 1. The number of aromatic nitrogens is 2. The van der Waals surface area contributed by atoms with Crippen LogP contribution in [0.4, 0.5) is 0 Å². The fourth-order valence-electron chi connectivity index (χ4n) is 1.27. The number of imidazole rings is 1. The van der Waals surface area contributed by atoms with E-state index in [1.54, 1.807) is 6.20 Å². The zero-order valence-electron chi connectivity index (χ0n) is 10.2. The number of rotatable bonds is 5. The Hall–Kier alpha value is -1.36. The van der Waals surface area contributed by atoms with Crippen molar-refractivity contribution in [1.82, 2.24) is 14.9 Å². The van der Waals surface area contributed by atoms with Gasteiger partial charge in [0.2, 0.25) is 5.91 Å². The van der Waals surface area contributed by atoms with Gasteiger partial charge in [-0.3, -0.25) is 4.79 Å². The number of nitrogens with two attached hydrogens (primary N) is 1. The van der Waals surface area contributed by atoms with Crippen molar-refractivity contribution in [3.8, 4) is 0 Å². The van der Waals surface area contributed by atoms with Crippen LogP contribution < -0.4 is 11.1 Å². The lowest BCUT2D eigenvalue weighted by Gasteiger charge is -2.17. The molecule has 0 saturated carbocycles. The van der Waals surface area contributed by atoms with Gasteiger partial charge in [0.25, 0.3) is 0 Å². The molecule has 0 radical (unpaired) electrons. The number of nitrogens with one attached hydrogen (secondary N) is 1. The highest BCUT2D eigenvalue weighted by Gasteiger charge is 2.13. The van der Waals surface area contributed by atoms with Crippen molar-refractivity contribution in [3.63, 3.8) is 0 Å². The molecule has 1 aromatic heterocycles. The molecule has 16 heavy (non-hydrogen) atoms. The lowest BCUT2D eigenvalue weighted by atomic mass is 10.00. The minimum atomic E-state index is -0.291. The monoisotopic (exact) mass is 224 g/mol. The molecule has 1 amide bonds. The molecule has 0 aliphatic rings. The van der Waals surface area contributed by atoms with Gasteiger partial charge >= 0.3 is 0 Å². The van der Waals surface area contributed by atoms with E-state index in [4.69, 9.17) is 5.73 Å². The fraction of sp³-hybridized carbons (Fsp3) is 0.636. The van der Waals surface area contributed by atoms with Crippen LogP contribution in [0.2, 0.25) is 0 Å². The van der Waals surface area contributed by atoms with Gasteiger partial charge in [-0.25, -0.2) is 4.98 Å². The van der Waals surface area contributed by atoms with Gasteiger partial charge in [0.15, 0.2) is 0 Å². The van der Waals surface area contributed by atoms with Crippen LogP contribution in [0.25, 0.3) is 0 Å². The molecule has 0 unspecified atom stereocenters. The number of carbonyl (C=O) groups is 1. The second kappa shape index (κ2) is 5.12. The predicted molar refractivity (Wildman–Crippen MR) is 62.6 cm³/mol. The van der Waals surface area contributed by atoms with Gasteiger partial charge in [-0.1, -0.05) is 0 Å². The minimum absolute atomic E-state index is 0.0153. The Morgan fingerprint density at radius 1 is 1.62 bits per heavy atom. The van der Waals surface area contributed by atoms with Gasteiger partial charge in [-0.15, -0.1) is 0 Å². The molecule has 90 valence electrons. The number of carbonyl (C=O) groups excluding carboxylic acids is 1. The first-order valence-corrected chi connectivity index (χ1v) is 5.40. The van der Waals surface area contributed by atoms with Gasteiger partial charge in [-0.05, 0) is 20.3 Å². The molecular weight excluding hydrogens is 204 g/mol. The lowest BCUT2D eigenvalue weighted by Crippen LogP contribution is -2.34. The Bertz CT molecular complexity index is 351. The SMILES string of the molecule is Cn1ccnc1CNC(=O)CCC(C)(C)N. The van der Waals surface area contributed by atoms with Crippen LogP contribution in [0.5, 0.6) is 0 Å². The maximum Gasteiger partial charge on any atom is 0.220 e. The van der Waals surface area contributed by atoms with Crippen molar-refractivity contribution in [1.29, 1.82) is 0 Å². The molecule has 0 bridgehead atoms. The van der Waals surface area contributed by atoms with E-state index in [1.165, 1.54) is 0 Å². The van der Waals surface area contributed by atoms with Crippen LogP contribution in [0.15, 0.2) is 12.4 Å². The first-order valence-electron chi connectivity index (χ1n) is 5.40. The molecule has 0 aromatic carbocycles. The third kappa shape index (κ3) is 4.44. The summed E-state index contributed by atoms with van der Waals surface area (Å²) in [6.07, 6.45) is 4.70. The molecule has 0 aliphatic carbocycles. The number of amides is 1. The first kappa shape index (κ1) is 12.7. The van der Waals surface area contributed by atoms with Gasteiger partial charge in [-0.2, -0.15) is 0 Å². The number of hydrogen-bond acceptors (Lipinski definition) is 3. The average molecular weight is 224 g/mol. The minimum Gasteiger partial charge on any atom is -0.349 e. The highest BCUT2D eigenvalue weighted by molar-refractivity contribution is 5.75. The Kier molecular flexibility index (Phi) is 4.06. The second-order valence-corrected chi connectivity index (χ2v) is 4.72. The van der Waals surface area contributed by atoms with Crippen molar-refractivity contribution < 1.29 is 4.79 Å². The normalized spacial score (nSPS) is 11.5. The van der Waals surface area contributed by atoms with Crippen LogP contribution in [0.1, 0.15) is 32.5 Å². The Balaban J connectivity index is 2.29. The summed E-state index contributed by atoms with van der Waals surface area (Å²) in [4.78, 5) is 15.6. The maximum atomic E-state index is 11.5. The molecule has 1 heterocycles. The van der Waals surface area contributed by atoms with Crippen LogP contribution in [-0.4, -0.2) is 21.0 Å². The van der Waals surface area contributed by atoms with Crippen LogP contribution in [0.3, 0.4) is 0 Å². The average Bonchev–Trinajstić information content (AvgIpc) is 2.57. The molecule has 0 aliphatic heterocycles. The zero-order valence-corrected chi connectivity index (χ0v) is 10.2. The Morgan fingerprint density at radius 3 is 2.81 bits per heavy atom. The molecular formula is C11H20N4O. The standard InChI is InChI=1S/C11H20N4O/c1-11(2,12)5-4-10(16)14-8-9-13-6-7-15(9)3/h6-7H,4-5,8,12H2,1-3H3,(H,14,16). The molecule has 0 spiro atoms. The summed E-state index contributed by atoms with van der Waals surface area (Å²) in [5, 5.41) is 2.82. The van der Waals surface area contributed by atoms with E-state index in [0.717, 1.165) is 5.82 Å². The molecule has 0 fully saturated rings. The number of nitrogens with zero attached hydrogens (tertiary/aromatic N) is 2. The zero-order chi connectivity index (χ0) is 12.2. The van der Waals surface area contributed by atoms with E-state index in [-0.39, 0.29) is 11.4 Å². The number of hydrogen-bond donors (Lipinski definition) is 2. The molecule has 3 N–H and O–H groups in total. The third-order valence-corrected chi connectivity index (χ3v) is 2.36. The summed E-state index contributed by atoms with van der Waals surface area (Å²) in [6.45, 7) is 4.30. The molecule has 1 aromatic rings. The van der Waals surface area contributed by atoms with Crippen LogP contribution in [0, 0.1) is 0 Å².